The van der Waals surface area contributed by atoms with Gasteiger partial charge in [0, 0.05) is 0 Å². The maximum atomic E-state index is 11.3. The van der Waals surface area contributed by atoms with Crippen LogP contribution in [0, 0.1) is 0 Å². The van der Waals surface area contributed by atoms with Crippen molar-refractivity contribution in [2.24, 2.45) is 0 Å². The van der Waals surface area contributed by atoms with Gasteiger partial charge >= 0.3 is 5.97 Å². The highest BCUT2D eigenvalue weighted by molar-refractivity contribution is 6.34. The first-order valence-electron chi connectivity index (χ1n) is 5.88. The van der Waals surface area contributed by atoms with Gasteiger partial charge in [0.1, 0.15) is 5.75 Å². The van der Waals surface area contributed by atoms with E-state index in [0.29, 0.717) is 17.9 Å². The van der Waals surface area contributed by atoms with Gasteiger partial charge in [0.2, 0.25) is 0 Å². The molecule has 0 bridgehead atoms. The van der Waals surface area contributed by atoms with E-state index in [9.17, 15) is 9.90 Å². The fourth-order valence-corrected chi connectivity index (χ4v) is 2.16. The van der Waals surface area contributed by atoms with Crippen molar-refractivity contribution in [3.63, 3.8) is 0 Å². The molecule has 0 fully saturated rings. The predicted molar refractivity (Wildman–Crippen MR) is 75.0 cm³/mol. The van der Waals surface area contributed by atoms with Gasteiger partial charge in [0.05, 0.1) is 17.2 Å². The average molecular weight is 277 g/mol. The van der Waals surface area contributed by atoms with Crippen molar-refractivity contribution in [3.8, 4) is 16.9 Å². The lowest BCUT2D eigenvalue weighted by Crippen LogP contribution is -2.01. The molecule has 2 aromatic rings. The lowest BCUT2D eigenvalue weighted by Gasteiger charge is -2.10. The normalized spacial score (nSPS) is 10.2. The zero-order chi connectivity index (χ0) is 13.8. The van der Waals surface area contributed by atoms with Crippen molar-refractivity contribution < 1.29 is 14.6 Å². The molecule has 0 atom stereocenters. The Balaban J connectivity index is 2.55. The summed E-state index contributed by atoms with van der Waals surface area (Å²) in [6.07, 6.45) is 0. The molecule has 0 saturated heterocycles. The summed E-state index contributed by atoms with van der Waals surface area (Å²) < 4.78 is 5.42. The largest absolute Gasteiger partial charge is 0.494 e. The monoisotopic (exact) mass is 276 g/mol. The van der Waals surface area contributed by atoms with E-state index in [-0.39, 0.29) is 10.6 Å². The van der Waals surface area contributed by atoms with Crippen molar-refractivity contribution in [3.05, 3.63) is 53.1 Å². The molecule has 0 saturated carbocycles. The van der Waals surface area contributed by atoms with Gasteiger partial charge in [-0.1, -0.05) is 35.9 Å². The van der Waals surface area contributed by atoms with Crippen LogP contribution in [0.25, 0.3) is 11.1 Å². The Labute approximate surface area is 116 Å². The summed E-state index contributed by atoms with van der Waals surface area (Å²) in [4.78, 5) is 11.3. The topological polar surface area (TPSA) is 46.5 Å². The Morgan fingerprint density at radius 3 is 2.68 bits per heavy atom. The highest BCUT2D eigenvalue weighted by atomic mass is 35.5. The van der Waals surface area contributed by atoms with Gasteiger partial charge in [-0.2, -0.15) is 0 Å². The maximum Gasteiger partial charge on any atom is 0.337 e. The maximum absolute atomic E-state index is 11.3. The van der Waals surface area contributed by atoms with Crippen LogP contribution in [0.5, 0.6) is 5.75 Å². The van der Waals surface area contributed by atoms with Crippen LogP contribution in [-0.4, -0.2) is 17.7 Å². The molecule has 0 aliphatic heterocycles. The number of benzene rings is 2. The van der Waals surface area contributed by atoms with Crippen molar-refractivity contribution in [1.29, 1.82) is 0 Å². The number of hydrogen-bond acceptors (Lipinski definition) is 2. The molecule has 4 heteroatoms. The Morgan fingerprint density at radius 2 is 2.00 bits per heavy atom. The van der Waals surface area contributed by atoms with Crippen LogP contribution in [0.3, 0.4) is 0 Å². The molecule has 0 radical (unpaired) electrons. The number of rotatable bonds is 4. The first-order chi connectivity index (χ1) is 9.13. The van der Waals surface area contributed by atoms with Gasteiger partial charge in [0.25, 0.3) is 0 Å². The molecule has 0 spiro atoms. The summed E-state index contributed by atoms with van der Waals surface area (Å²) in [5.74, 6) is -0.335. The summed E-state index contributed by atoms with van der Waals surface area (Å²) in [5.41, 5.74) is 1.46. The van der Waals surface area contributed by atoms with Gasteiger partial charge in [-0.05, 0) is 36.2 Å². The number of carboxylic acid groups (broad SMARTS) is 1. The predicted octanol–water partition coefficient (Wildman–Crippen LogP) is 4.10. The molecular weight excluding hydrogens is 264 g/mol. The van der Waals surface area contributed by atoms with Crippen LogP contribution in [0.1, 0.15) is 17.3 Å². The first-order valence-corrected chi connectivity index (χ1v) is 6.26. The zero-order valence-corrected chi connectivity index (χ0v) is 11.1. The molecule has 19 heavy (non-hydrogen) atoms. The van der Waals surface area contributed by atoms with E-state index in [1.54, 1.807) is 18.2 Å². The van der Waals surface area contributed by atoms with Gasteiger partial charge in [-0.25, -0.2) is 4.79 Å². The van der Waals surface area contributed by atoms with Gasteiger partial charge in [-0.15, -0.1) is 0 Å². The third-order valence-electron chi connectivity index (χ3n) is 2.68. The molecule has 0 unspecified atom stereocenters. The zero-order valence-electron chi connectivity index (χ0n) is 10.4. The average Bonchev–Trinajstić information content (AvgIpc) is 2.38. The van der Waals surface area contributed by atoms with Crippen molar-refractivity contribution >= 4 is 17.6 Å². The standard InChI is InChI=1S/C15H13ClO3/c1-2-19-11-6-3-5-10(9-11)12-7-4-8-13(16)14(12)15(17)18/h3-9H,2H2,1H3,(H,17,18). The van der Waals surface area contributed by atoms with Crippen LogP contribution in [-0.2, 0) is 0 Å². The van der Waals surface area contributed by atoms with E-state index in [1.165, 1.54) is 0 Å². The number of aromatic carboxylic acids is 1. The summed E-state index contributed by atoms with van der Waals surface area (Å²) >= 11 is 5.96. The molecule has 0 aliphatic carbocycles. The highest BCUT2D eigenvalue weighted by Gasteiger charge is 2.15. The van der Waals surface area contributed by atoms with Crippen molar-refractivity contribution in [2.75, 3.05) is 6.61 Å². The van der Waals surface area contributed by atoms with Crippen LogP contribution < -0.4 is 4.74 Å². The fourth-order valence-electron chi connectivity index (χ4n) is 1.90. The SMILES string of the molecule is CCOc1cccc(-c2cccc(Cl)c2C(=O)O)c1. The second-order valence-electron chi connectivity index (χ2n) is 3.93. The molecular formula is C15H13ClO3. The Morgan fingerprint density at radius 1 is 1.26 bits per heavy atom. The summed E-state index contributed by atoms with van der Waals surface area (Å²) in [7, 11) is 0. The second kappa shape index (κ2) is 5.76. The van der Waals surface area contributed by atoms with Crippen LogP contribution >= 0.6 is 11.6 Å². The van der Waals surface area contributed by atoms with Crippen LogP contribution in [0.4, 0.5) is 0 Å². The molecule has 0 amide bonds. The molecule has 0 aliphatic rings. The Bertz CT molecular complexity index is 608. The van der Waals surface area contributed by atoms with Crippen LogP contribution in [0.15, 0.2) is 42.5 Å². The third-order valence-corrected chi connectivity index (χ3v) is 3.00. The smallest absolute Gasteiger partial charge is 0.337 e. The molecule has 2 aromatic carbocycles. The fraction of sp³-hybridized carbons (Fsp3) is 0.133. The van der Waals surface area contributed by atoms with Crippen LogP contribution in [0.2, 0.25) is 5.02 Å². The third kappa shape index (κ3) is 2.88. The van der Waals surface area contributed by atoms with Gasteiger partial charge < -0.3 is 9.84 Å². The minimum atomic E-state index is -1.04. The second-order valence-corrected chi connectivity index (χ2v) is 4.34. The lowest BCUT2D eigenvalue weighted by atomic mass is 9.99. The molecule has 0 aromatic heterocycles. The molecule has 98 valence electrons. The van der Waals surface area contributed by atoms with Gasteiger partial charge in [-0.3, -0.25) is 0 Å². The molecule has 3 nitrogen and oxygen atoms in total. The number of carbonyl (C=O) groups is 1. The number of hydrogen-bond donors (Lipinski definition) is 1. The minimum Gasteiger partial charge on any atom is -0.494 e. The quantitative estimate of drug-likeness (QED) is 0.914. The number of carboxylic acids is 1. The van der Waals surface area contributed by atoms with Crippen molar-refractivity contribution in [2.45, 2.75) is 6.92 Å². The van der Waals surface area contributed by atoms with E-state index in [1.807, 2.05) is 31.2 Å². The Kier molecular flexibility index (Phi) is 4.07. The number of ether oxygens (including phenoxy) is 1. The van der Waals surface area contributed by atoms with E-state index < -0.39 is 5.97 Å². The van der Waals surface area contributed by atoms with E-state index >= 15 is 0 Å². The summed E-state index contributed by atoms with van der Waals surface area (Å²) in [5, 5.41) is 9.49. The summed E-state index contributed by atoms with van der Waals surface area (Å²) in [6, 6.07) is 12.3. The van der Waals surface area contributed by atoms with E-state index in [2.05, 4.69) is 0 Å². The van der Waals surface area contributed by atoms with Gasteiger partial charge in [0.15, 0.2) is 0 Å². The Hall–Kier alpha value is -2.00. The number of halogens is 1. The lowest BCUT2D eigenvalue weighted by molar-refractivity contribution is 0.0698. The van der Waals surface area contributed by atoms with Crippen molar-refractivity contribution in [1.82, 2.24) is 0 Å². The van der Waals surface area contributed by atoms with E-state index in [4.69, 9.17) is 16.3 Å². The first kappa shape index (κ1) is 13.4. The highest BCUT2D eigenvalue weighted by Crippen LogP contribution is 2.31. The molecule has 0 heterocycles. The summed E-state index contributed by atoms with van der Waals surface area (Å²) in [6.45, 7) is 2.46. The minimum absolute atomic E-state index is 0.109. The molecule has 2 rings (SSSR count). The van der Waals surface area contributed by atoms with E-state index in [0.717, 1.165) is 5.56 Å². The molecule has 1 N–H and O–H groups in total.